The highest BCUT2D eigenvalue weighted by Gasteiger charge is 2.16. The quantitative estimate of drug-likeness (QED) is 0.223. The summed E-state index contributed by atoms with van der Waals surface area (Å²) < 4.78 is 5.52. The average molecular weight is 405 g/mol. The molecule has 0 spiro atoms. The summed E-state index contributed by atoms with van der Waals surface area (Å²) >= 11 is 14.4. The minimum atomic E-state index is -0.619. The number of carbonyl (C=O) groups excluding carboxylic acids is 1. The van der Waals surface area contributed by atoms with E-state index in [0.717, 1.165) is 23.0 Å². The van der Waals surface area contributed by atoms with Crippen LogP contribution >= 0.6 is 46.3 Å². The van der Waals surface area contributed by atoms with Crippen molar-refractivity contribution >= 4 is 52.3 Å². The molecule has 0 atom stereocenters. The van der Waals surface area contributed by atoms with Gasteiger partial charge in [0, 0.05) is 10.9 Å². The highest BCUT2D eigenvalue weighted by Crippen LogP contribution is 2.33. The molecule has 0 unspecified atom stereocenters. The van der Waals surface area contributed by atoms with Gasteiger partial charge in [-0.25, -0.2) is 9.78 Å². The van der Waals surface area contributed by atoms with Crippen LogP contribution in [0.3, 0.4) is 0 Å². The van der Waals surface area contributed by atoms with Gasteiger partial charge >= 0.3 is 5.97 Å². The van der Waals surface area contributed by atoms with Crippen LogP contribution in [0.5, 0.6) is 0 Å². The molecule has 0 aliphatic heterocycles. The third-order valence-corrected chi connectivity index (χ3v) is 5.37. The number of aromatic nitrogens is 1. The number of benzene rings is 1. The molecule has 0 aliphatic rings. The lowest BCUT2D eigenvalue weighted by Crippen LogP contribution is -2.30. The first-order valence-corrected chi connectivity index (χ1v) is 9.13. The van der Waals surface area contributed by atoms with Gasteiger partial charge in [-0.15, -0.1) is 11.3 Å². The maximum Gasteiger partial charge on any atom is 0.358 e. The molecule has 1 heterocycles. The van der Waals surface area contributed by atoms with E-state index in [4.69, 9.17) is 39.5 Å². The Labute approximate surface area is 157 Å². The highest BCUT2D eigenvalue weighted by molar-refractivity contribution is 8.04. The Kier molecular flexibility index (Phi) is 6.76. The van der Waals surface area contributed by atoms with Gasteiger partial charge in [-0.1, -0.05) is 29.3 Å². The summed E-state index contributed by atoms with van der Waals surface area (Å²) in [5, 5.41) is 2.96. The SMILES string of the molecule is CCOC(=O)/C(NN)=C(/N)Sc1nc(-c2ccc(Cl)c(Cl)c2)cs1. The topological polar surface area (TPSA) is 103 Å². The lowest BCUT2D eigenvalue weighted by Gasteiger charge is -2.08. The molecular formula is C14H14Cl2N4O2S2. The Morgan fingerprint density at radius 3 is 2.79 bits per heavy atom. The highest BCUT2D eigenvalue weighted by atomic mass is 35.5. The monoisotopic (exact) mass is 404 g/mol. The second-order valence-electron chi connectivity index (χ2n) is 4.33. The fourth-order valence-corrected chi connectivity index (χ4v) is 3.70. The van der Waals surface area contributed by atoms with Crippen molar-refractivity contribution in [1.82, 2.24) is 10.4 Å². The smallest absolute Gasteiger partial charge is 0.358 e. The fourth-order valence-electron chi connectivity index (χ4n) is 1.67. The van der Waals surface area contributed by atoms with Gasteiger partial charge in [-0.3, -0.25) is 5.84 Å². The van der Waals surface area contributed by atoms with E-state index in [-0.39, 0.29) is 17.3 Å². The molecule has 10 heteroatoms. The molecule has 0 radical (unpaired) electrons. The van der Waals surface area contributed by atoms with Gasteiger partial charge in [-0.2, -0.15) is 0 Å². The van der Waals surface area contributed by atoms with Gasteiger partial charge in [0.25, 0.3) is 0 Å². The van der Waals surface area contributed by atoms with E-state index in [2.05, 4.69) is 10.4 Å². The zero-order valence-electron chi connectivity index (χ0n) is 12.5. The van der Waals surface area contributed by atoms with E-state index in [1.807, 2.05) is 11.4 Å². The summed E-state index contributed by atoms with van der Waals surface area (Å²) in [5.74, 6) is 4.72. The number of rotatable bonds is 6. The third-order valence-electron chi connectivity index (χ3n) is 2.77. The maximum absolute atomic E-state index is 11.7. The van der Waals surface area contributed by atoms with Crippen LogP contribution in [0.2, 0.25) is 10.0 Å². The Balaban J connectivity index is 2.21. The number of ether oxygens (including phenoxy) is 1. The number of hydrazine groups is 1. The van der Waals surface area contributed by atoms with Gasteiger partial charge in [0.15, 0.2) is 10.0 Å². The maximum atomic E-state index is 11.7. The molecule has 6 nitrogen and oxygen atoms in total. The molecule has 2 aromatic rings. The van der Waals surface area contributed by atoms with Crippen molar-refractivity contribution in [3.8, 4) is 11.3 Å². The molecule has 0 fully saturated rings. The number of thioether (sulfide) groups is 1. The molecule has 1 aromatic carbocycles. The van der Waals surface area contributed by atoms with Crippen molar-refractivity contribution in [2.75, 3.05) is 6.61 Å². The predicted molar refractivity (Wildman–Crippen MR) is 98.6 cm³/mol. The summed E-state index contributed by atoms with van der Waals surface area (Å²) in [5.41, 5.74) is 9.73. The standard InChI is InChI=1S/C14H14Cl2N4O2S2/c1-2-22-13(21)11(20-18)12(17)24-14-19-10(6-23-14)7-3-4-8(15)9(16)5-7/h3-6,20H,2,17-18H2,1H3/b12-11+. The number of halogens is 2. The number of nitrogens with one attached hydrogen (secondary N) is 1. The fraction of sp³-hybridized carbons (Fsp3) is 0.143. The number of hydrogen-bond acceptors (Lipinski definition) is 8. The Bertz CT molecular complexity index is 780. The number of hydrogen-bond donors (Lipinski definition) is 3. The summed E-state index contributed by atoms with van der Waals surface area (Å²) in [7, 11) is 0. The Hall–Kier alpha value is -1.45. The van der Waals surface area contributed by atoms with Crippen LogP contribution in [0.15, 0.2) is 38.6 Å². The molecule has 0 amide bonds. The molecular weight excluding hydrogens is 391 g/mol. The minimum absolute atomic E-state index is 0.00635. The zero-order chi connectivity index (χ0) is 17.7. The van der Waals surface area contributed by atoms with Crippen LogP contribution in [0.25, 0.3) is 11.3 Å². The second kappa shape index (κ2) is 8.59. The summed E-state index contributed by atoms with van der Waals surface area (Å²) in [6.07, 6.45) is 0. The predicted octanol–water partition coefficient (Wildman–Crippen LogP) is 3.36. The van der Waals surface area contributed by atoms with Gasteiger partial charge in [-0.05, 0) is 30.8 Å². The Morgan fingerprint density at radius 2 is 2.17 bits per heavy atom. The molecule has 24 heavy (non-hydrogen) atoms. The molecule has 5 N–H and O–H groups in total. The van der Waals surface area contributed by atoms with Crippen LogP contribution in [0.1, 0.15) is 6.92 Å². The first-order chi connectivity index (χ1) is 11.5. The van der Waals surface area contributed by atoms with Crippen molar-refractivity contribution in [1.29, 1.82) is 0 Å². The number of carbonyl (C=O) groups is 1. The number of nitrogens with two attached hydrogens (primary N) is 2. The van der Waals surface area contributed by atoms with E-state index in [0.29, 0.717) is 14.4 Å². The van der Waals surface area contributed by atoms with Crippen molar-refractivity contribution < 1.29 is 9.53 Å². The number of nitrogens with zero attached hydrogens (tertiary/aromatic N) is 1. The first kappa shape index (κ1) is 18.9. The van der Waals surface area contributed by atoms with Gasteiger partial charge in [0.05, 0.1) is 22.3 Å². The van der Waals surface area contributed by atoms with E-state index in [1.54, 1.807) is 19.1 Å². The summed E-state index contributed by atoms with van der Waals surface area (Å²) in [4.78, 5) is 16.2. The largest absolute Gasteiger partial charge is 0.461 e. The zero-order valence-corrected chi connectivity index (χ0v) is 15.7. The summed E-state index contributed by atoms with van der Waals surface area (Å²) in [6, 6.07) is 5.26. The van der Waals surface area contributed by atoms with Gasteiger partial charge in [0.2, 0.25) is 0 Å². The number of esters is 1. The molecule has 2 rings (SSSR count). The van der Waals surface area contributed by atoms with Gasteiger partial charge < -0.3 is 15.9 Å². The van der Waals surface area contributed by atoms with Crippen molar-refractivity contribution in [2.45, 2.75) is 11.3 Å². The van der Waals surface area contributed by atoms with Crippen LogP contribution in [-0.4, -0.2) is 17.6 Å². The lowest BCUT2D eigenvalue weighted by molar-refractivity contribution is -0.139. The molecule has 0 saturated carbocycles. The van der Waals surface area contributed by atoms with Crippen LogP contribution in [0.4, 0.5) is 0 Å². The van der Waals surface area contributed by atoms with E-state index >= 15 is 0 Å². The van der Waals surface area contributed by atoms with Crippen LogP contribution in [-0.2, 0) is 9.53 Å². The first-order valence-electron chi connectivity index (χ1n) is 6.68. The van der Waals surface area contributed by atoms with E-state index in [1.165, 1.54) is 11.3 Å². The van der Waals surface area contributed by atoms with E-state index < -0.39 is 5.97 Å². The number of thiazole rings is 1. The van der Waals surface area contributed by atoms with Gasteiger partial charge in [0.1, 0.15) is 5.03 Å². The summed E-state index contributed by atoms with van der Waals surface area (Å²) in [6.45, 7) is 1.92. The van der Waals surface area contributed by atoms with Crippen LogP contribution < -0.4 is 17.0 Å². The molecule has 0 saturated heterocycles. The molecule has 0 bridgehead atoms. The minimum Gasteiger partial charge on any atom is -0.461 e. The Morgan fingerprint density at radius 1 is 1.42 bits per heavy atom. The van der Waals surface area contributed by atoms with Crippen molar-refractivity contribution in [3.05, 3.63) is 44.4 Å². The second-order valence-corrected chi connectivity index (χ2v) is 7.30. The van der Waals surface area contributed by atoms with E-state index in [9.17, 15) is 4.79 Å². The van der Waals surface area contributed by atoms with Crippen molar-refractivity contribution in [2.24, 2.45) is 11.6 Å². The lowest BCUT2D eigenvalue weighted by atomic mass is 10.2. The molecule has 1 aromatic heterocycles. The van der Waals surface area contributed by atoms with Crippen LogP contribution in [0, 0.1) is 0 Å². The third kappa shape index (κ3) is 4.55. The van der Waals surface area contributed by atoms with Crippen molar-refractivity contribution in [3.63, 3.8) is 0 Å². The normalized spacial score (nSPS) is 11.8. The molecule has 0 aliphatic carbocycles. The average Bonchev–Trinajstić information content (AvgIpc) is 2.99. The molecule has 128 valence electrons.